The zero-order valence-corrected chi connectivity index (χ0v) is 14.5. The van der Waals surface area contributed by atoms with E-state index in [2.05, 4.69) is 23.3 Å². The molecule has 0 saturated heterocycles. The van der Waals surface area contributed by atoms with E-state index in [0.29, 0.717) is 16.1 Å². The van der Waals surface area contributed by atoms with E-state index < -0.39 is 0 Å². The summed E-state index contributed by atoms with van der Waals surface area (Å²) >= 11 is 6.01. The molecule has 0 aliphatic carbocycles. The van der Waals surface area contributed by atoms with Gasteiger partial charge in [-0.2, -0.15) is 0 Å². The van der Waals surface area contributed by atoms with Crippen molar-refractivity contribution in [1.29, 1.82) is 0 Å². The summed E-state index contributed by atoms with van der Waals surface area (Å²) in [5.74, 6) is -0.106. The van der Waals surface area contributed by atoms with Gasteiger partial charge >= 0.3 is 0 Å². The molecule has 0 saturated carbocycles. The highest BCUT2D eigenvalue weighted by Gasteiger charge is 2.28. The Balaban J connectivity index is 1.55. The zero-order chi connectivity index (χ0) is 17.4. The first kappa shape index (κ1) is 15.9. The third kappa shape index (κ3) is 2.93. The van der Waals surface area contributed by atoms with Crippen molar-refractivity contribution in [3.05, 3.63) is 53.1 Å². The topological polar surface area (TPSA) is 60.2 Å². The van der Waals surface area contributed by atoms with Crippen LogP contribution in [-0.4, -0.2) is 33.7 Å². The van der Waals surface area contributed by atoms with E-state index in [1.54, 1.807) is 18.2 Å². The molecule has 2 heterocycles. The van der Waals surface area contributed by atoms with Crippen LogP contribution in [0.2, 0.25) is 5.02 Å². The van der Waals surface area contributed by atoms with Crippen molar-refractivity contribution < 1.29 is 9.63 Å². The average Bonchev–Trinajstić information content (AvgIpc) is 3.01. The second kappa shape index (κ2) is 6.37. The molecule has 25 heavy (non-hydrogen) atoms. The largest absolute Gasteiger partial charge is 0.385 e. The number of carbonyl (C=O) groups is 1. The summed E-state index contributed by atoms with van der Waals surface area (Å²) < 4.78 is 0. The molecular weight excluding hydrogens is 340 g/mol. The molecule has 0 bridgehead atoms. The Morgan fingerprint density at radius 1 is 1.32 bits per heavy atom. The number of aromatic nitrogens is 3. The number of para-hydroxylation sites is 1. The third-order valence-electron chi connectivity index (χ3n) is 4.48. The van der Waals surface area contributed by atoms with Crippen LogP contribution in [0.4, 0.5) is 5.69 Å². The molecule has 6 nitrogen and oxygen atoms in total. The van der Waals surface area contributed by atoms with Crippen molar-refractivity contribution in [2.24, 2.45) is 0 Å². The van der Waals surface area contributed by atoms with Gasteiger partial charge in [0.25, 0.3) is 5.91 Å². The molecule has 1 aliphatic rings. The maximum Gasteiger partial charge on any atom is 0.268 e. The zero-order valence-electron chi connectivity index (χ0n) is 13.7. The second-order valence-electron chi connectivity index (χ2n) is 6.15. The second-order valence-corrected chi connectivity index (χ2v) is 6.59. The van der Waals surface area contributed by atoms with Crippen molar-refractivity contribution in [3.8, 4) is 0 Å². The maximum atomic E-state index is 12.8. The van der Waals surface area contributed by atoms with E-state index >= 15 is 0 Å². The quantitative estimate of drug-likeness (QED) is 0.724. The van der Waals surface area contributed by atoms with Crippen LogP contribution >= 0.6 is 11.6 Å². The predicted molar refractivity (Wildman–Crippen MR) is 95.7 cm³/mol. The number of hydrogen-bond donors (Lipinski definition) is 0. The molecule has 0 spiro atoms. The van der Waals surface area contributed by atoms with Gasteiger partial charge < -0.3 is 9.74 Å². The summed E-state index contributed by atoms with van der Waals surface area (Å²) in [6, 6.07) is 13.3. The fraction of sp³-hybridized carbons (Fsp3) is 0.278. The van der Waals surface area contributed by atoms with Crippen LogP contribution in [0.3, 0.4) is 0 Å². The molecule has 0 fully saturated rings. The minimum Gasteiger partial charge on any atom is -0.385 e. The normalized spacial score (nSPS) is 16.7. The van der Waals surface area contributed by atoms with Gasteiger partial charge in [0.2, 0.25) is 0 Å². The number of halogens is 1. The lowest BCUT2D eigenvalue weighted by atomic mass is 9.96. The van der Waals surface area contributed by atoms with Gasteiger partial charge in [-0.05, 0) is 54.8 Å². The Morgan fingerprint density at radius 2 is 2.16 bits per heavy atom. The number of rotatable bonds is 3. The van der Waals surface area contributed by atoms with Crippen LogP contribution in [0.5, 0.6) is 0 Å². The monoisotopic (exact) mass is 356 g/mol. The SMILES string of the molecule is CC1CCc2ccccc2N1C(=O)COn1nnc2ccc(Cl)cc21. The summed E-state index contributed by atoms with van der Waals surface area (Å²) in [4.78, 5) is 21.4. The first-order chi connectivity index (χ1) is 12.1. The van der Waals surface area contributed by atoms with Crippen LogP contribution < -0.4 is 9.74 Å². The van der Waals surface area contributed by atoms with Crippen molar-refractivity contribution in [1.82, 2.24) is 15.2 Å². The van der Waals surface area contributed by atoms with E-state index in [1.807, 2.05) is 23.1 Å². The number of benzene rings is 2. The first-order valence-corrected chi connectivity index (χ1v) is 8.55. The van der Waals surface area contributed by atoms with Crippen molar-refractivity contribution in [2.75, 3.05) is 11.5 Å². The Bertz CT molecular complexity index is 940. The summed E-state index contributed by atoms with van der Waals surface area (Å²) in [5.41, 5.74) is 3.44. The lowest BCUT2D eigenvalue weighted by Crippen LogP contribution is -2.45. The standard InChI is InChI=1S/C18H17ClN4O2/c1-12-6-7-13-4-2-3-5-16(13)22(12)18(24)11-25-23-17-10-14(19)8-9-15(17)20-21-23/h2-5,8-10,12H,6-7,11H2,1H3. The Hall–Kier alpha value is -2.60. The van der Waals surface area contributed by atoms with Gasteiger partial charge in [-0.25, -0.2) is 0 Å². The lowest BCUT2D eigenvalue weighted by molar-refractivity contribution is -0.124. The van der Waals surface area contributed by atoms with Gasteiger partial charge in [-0.1, -0.05) is 34.6 Å². The lowest BCUT2D eigenvalue weighted by Gasteiger charge is -2.35. The highest BCUT2D eigenvalue weighted by Crippen LogP contribution is 2.30. The average molecular weight is 357 g/mol. The van der Waals surface area contributed by atoms with Gasteiger partial charge in [0.1, 0.15) is 11.0 Å². The third-order valence-corrected chi connectivity index (χ3v) is 4.71. The van der Waals surface area contributed by atoms with Gasteiger partial charge in [0, 0.05) is 16.8 Å². The molecule has 1 aliphatic heterocycles. The number of aryl methyl sites for hydroxylation is 1. The number of nitrogens with zero attached hydrogens (tertiary/aromatic N) is 4. The maximum absolute atomic E-state index is 12.8. The molecule has 3 aromatic rings. The van der Waals surface area contributed by atoms with E-state index in [9.17, 15) is 4.79 Å². The molecule has 1 atom stereocenters. The van der Waals surface area contributed by atoms with Crippen molar-refractivity contribution in [2.45, 2.75) is 25.8 Å². The number of fused-ring (bicyclic) bond motifs is 2. The van der Waals surface area contributed by atoms with Gasteiger partial charge in [0.15, 0.2) is 6.61 Å². The van der Waals surface area contributed by atoms with Crippen molar-refractivity contribution >= 4 is 34.2 Å². The van der Waals surface area contributed by atoms with Gasteiger partial charge in [0.05, 0.1) is 0 Å². The van der Waals surface area contributed by atoms with Gasteiger partial charge in [-0.3, -0.25) is 4.79 Å². The van der Waals surface area contributed by atoms with E-state index in [1.165, 1.54) is 10.4 Å². The first-order valence-electron chi connectivity index (χ1n) is 8.18. The highest BCUT2D eigenvalue weighted by molar-refractivity contribution is 6.31. The molecule has 1 aromatic heterocycles. The fourth-order valence-electron chi connectivity index (χ4n) is 3.22. The molecule has 0 radical (unpaired) electrons. The smallest absolute Gasteiger partial charge is 0.268 e. The van der Waals surface area contributed by atoms with Crippen LogP contribution in [0.1, 0.15) is 18.9 Å². The minimum atomic E-state index is -0.121. The minimum absolute atomic E-state index is 0.106. The summed E-state index contributed by atoms with van der Waals surface area (Å²) in [6.45, 7) is 1.93. The van der Waals surface area contributed by atoms with Crippen LogP contribution in [0, 0.1) is 0 Å². The fourth-order valence-corrected chi connectivity index (χ4v) is 3.39. The van der Waals surface area contributed by atoms with Crippen LogP contribution in [0.25, 0.3) is 11.0 Å². The van der Waals surface area contributed by atoms with E-state index in [0.717, 1.165) is 18.5 Å². The number of carbonyl (C=O) groups excluding carboxylic acids is 1. The Kier molecular flexibility index (Phi) is 4.05. The van der Waals surface area contributed by atoms with Gasteiger partial charge in [-0.15, -0.1) is 5.10 Å². The Labute approximate surface area is 149 Å². The van der Waals surface area contributed by atoms with E-state index in [4.69, 9.17) is 16.4 Å². The van der Waals surface area contributed by atoms with Crippen molar-refractivity contribution in [3.63, 3.8) is 0 Å². The van der Waals surface area contributed by atoms with E-state index in [-0.39, 0.29) is 18.6 Å². The highest BCUT2D eigenvalue weighted by atomic mass is 35.5. The molecule has 0 N–H and O–H groups in total. The summed E-state index contributed by atoms with van der Waals surface area (Å²) in [6.07, 6.45) is 1.92. The molecule has 7 heteroatoms. The molecular formula is C18H17ClN4O2. The number of amides is 1. The molecule has 1 amide bonds. The molecule has 1 unspecified atom stereocenters. The number of anilines is 1. The predicted octanol–water partition coefficient (Wildman–Crippen LogP) is 2.88. The Morgan fingerprint density at radius 3 is 3.04 bits per heavy atom. The van der Waals surface area contributed by atoms with Crippen LogP contribution in [-0.2, 0) is 11.2 Å². The molecule has 2 aromatic carbocycles. The van der Waals surface area contributed by atoms with Crippen LogP contribution in [0.15, 0.2) is 42.5 Å². The molecule has 4 rings (SSSR count). The number of hydrogen-bond acceptors (Lipinski definition) is 4. The molecule has 128 valence electrons. The summed E-state index contributed by atoms with van der Waals surface area (Å²) in [5, 5.41) is 8.50. The summed E-state index contributed by atoms with van der Waals surface area (Å²) in [7, 11) is 0.